The van der Waals surface area contributed by atoms with E-state index >= 15 is 0 Å². The van der Waals surface area contributed by atoms with Crippen LogP contribution in [0.1, 0.15) is 24.8 Å². The highest BCUT2D eigenvalue weighted by atomic mass is 16.5. The second-order valence-electron chi connectivity index (χ2n) is 6.74. The lowest BCUT2D eigenvalue weighted by molar-refractivity contribution is -0.140. The van der Waals surface area contributed by atoms with Gasteiger partial charge in [0, 0.05) is 45.2 Å². The SMILES string of the molecule is COCCO[C@@H]1CCN(C(=O)C2CCOCC2)[C@H]1Cc1ccncc1. The van der Waals surface area contributed by atoms with Crippen LogP contribution in [-0.2, 0) is 25.4 Å². The Labute approximate surface area is 149 Å². The summed E-state index contributed by atoms with van der Waals surface area (Å²) in [7, 11) is 1.67. The van der Waals surface area contributed by atoms with E-state index in [0.717, 1.165) is 32.2 Å². The van der Waals surface area contributed by atoms with Crippen LogP contribution in [0, 0.1) is 5.92 Å². The van der Waals surface area contributed by atoms with Gasteiger partial charge in [-0.25, -0.2) is 0 Å². The van der Waals surface area contributed by atoms with Crippen LogP contribution in [0.3, 0.4) is 0 Å². The predicted molar refractivity (Wildman–Crippen MR) is 93.2 cm³/mol. The highest BCUT2D eigenvalue weighted by Crippen LogP contribution is 2.28. The fraction of sp³-hybridized carbons (Fsp3) is 0.684. The van der Waals surface area contributed by atoms with Crippen LogP contribution < -0.4 is 0 Å². The van der Waals surface area contributed by atoms with E-state index in [0.29, 0.717) is 26.4 Å². The molecule has 0 N–H and O–H groups in total. The Bertz CT molecular complexity index is 533. The number of hydrogen-bond donors (Lipinski definition) is 0. The number of ether oxygens (including phenoxy) is 3. The molecule has 0 unspecified atom stereocenters. The number of nitrogens with zero attached hydrogens (tertiary/aromatic N) is 2. The second kappa shape index (κ2) is 9.27. The number of hydrogen-bond acceptors (Lipinski definition) is 5. The standard InChI is InChI=1S/C19H28N2O4/c1-23-12-13-25-18-4-9-21(19(22)16-5-10-24-11-6-16)17(18)14-15-2-7-20-8-3-15/h2-3,7-8,16-18H,4-6,9-14H2,1H3/t17-,18+/m0/s1. The number of rotatable bonds is 7. The van der Waals surface area contributed by atoms with E-state index in [2.05, 4.69) is 4.98 Å². The number of carbonyl (C=O) groups is 1. The van der Waals surface area contributed by atoms with Crippen molar-refractivity contribution >= 4 is 5.91 Å². The summed E-state index contributed by atoms with van der Waals surface area (Å²) < 4.78 is 16.5. The summed E-state index contributed by atoms with van der Waals surface area (Å²) in [6.45, 7) is 3.28. The maximum Gasteiger partial charge on any atom is 0.226 e. The third-order valence-corrected chi connectivity index (χ3v) is 5.15. The molecular formula is C19H28N2O4. The zero-order valence-electron chi connectivity index (χ0n) is 14.9. The molecule has 1 aromatic heterocycles. The van der Waals surface area contributed by atoms with Gasteiger partial charge >= 0.3 is 0 Å². The van der Waals surface area contributed by atoms with Crippen LogP contribution in [0.5, 0.6) is 0 Å². The summed E-state index contributed by atoms with van der Waals surface area (Å²) in [5.41, 5.74) is 1.19. The van der Waals surface area contributed by atoms with Crippen molar-refractivity contribution in [3.63, 3.8) is 0 Å². The van der Waals surface area contributed by atoms with Crippen LogP contribution in [0.15, 0.2) is 24.5 Å². The minimum Gasteiger partial charge on any atom is -0.382 e. The highest BCUT2D eigenvalue weighted by Gasteiger charge is 2.40. The average molecular weight is 348 g/mol. The summed E-state index contributed by atoms with van der Waals surface area (Å²) in [4.78, 5) is 19.2. The van der Waals surface area contributed by atoms with Crippen molar-refractivity contribution in [2.24, 2.45) is 5.92 Å². The van der Waals surface area contributed by atoms with Crippen molar-refractivity contribution in [3.8, 4) is 0 Å². The molecule has 0 spiro atoms. The van der Waals surface area contributed by atoms with Gasteiger partial charge in [-0.15, -0.1) is 0 Å². The number of likely N-dealkylation sites (tertiary alicyclic amines) is 1. The first-order chi connectivity index (χ1) is 12.3. The van der Waals surface area contributed by atoms with E-state index < -0.39 is 0 Å². The molecule has 138 valence electrons. The van der Waals surface area contributed by atoms with E-state index in [1.807, 2.05) is 17.0 Å². The van der Waals surface area contributed by atoms with E-state index in [1.54, 1.807) is 19.5 Å². The Morgan fingerprint density at radius 2 is 2.00 bits per heavy atom. The smallest absolute Gasteiger partial charge is 0.226 e. The first-order valence-electron chi connectivity index (χ1n) is 9.17. The summed E-state index contributed by atoms with van der Waals surface area (Å²) >= 11 is 0. The molecular weight excluding hydrogens is 320 g/mol. The van der Waals surface area contributed by atoms with Crippen LogP contribution >= 0.6 is 0 Å². The molecule has 25 heavy (non-hydrogen) atoms. The minimum absolute atomic E-state index is 0.0621. The number of pyridine rings is 1. The van der Waals surface area contributed by atoms with Gasteiger partial charge in [0.25, 0.3) is 0 Å². The quantitative estimate of drug-likeness (QED) is 0.702. The lowest BCUT2D eigenvalue weighted by atomic mass is 9.97. The summed E-state index contributed by atoms with van der Waals surface area (Å²) in [5, 5.41) is 0. The van der Waals surface area contributed by atoms with Crippen LogP contribution in [0.2, 0.25) is 0 Å². The van der Waals surface area contributed by atoms with Gasteiger partial charge in [-0.05, 0) is 43.4 Å². The molecule has 2 saturated heterocycles. The maximum absolute atomic E-state index is 13.1. The van der Waals surface area contributed by atoms with Crippen molar-refractivity contribution in [1.82, 2.24) is 9.88 Å². The van der Waals surface area contributed by atoms with Gasteiger partial charge < -0.3 is 19.1 Å². The Hall–Kier alpha value is -1.50. The molecule has 6 heteroatoms. The summed E-state index contributed by atoms with van der Waals surface area (Å²) in [5.74, 6) is 0.353. The van der Waals surface area contributed by atoms with Crippen molar-refractivity contribution in [2.45, 2.75) is 37.8 Å². The van der Waals surface area contributed by atoms with Crippen LogP contribution in [0.4, 0.5) is 0 Å². The summed E-state index contributed by atoms with van der Waals surface area (Å²) in [6.07, 6.45) is 7.00. The molecule has 0 aromatic carbocycles. The molecule has 3 rings (SSSR count). The molecule has 0 aliphatic carbocycles. The zero-order valence-corrected chi connectivity index (χ0v) is 14.9. The fourth-order valence-corrected chi connectivity index (χ4v) is 3.76. The Morgan fingerprint density at radius 1 is 1.24 bits per heavy atom. The fourth-order valence-electron chi connectivity index (χ4n) is 3.76. The van der Waals surface area contributed by atoms with Gasteiger partial charge in [0.15, 0.2) is 0 Å². The molecule has 1 amide bonds. The van der Waals surface area contributed by atoms with Gasteiger partial charge in [-0.3, -0.25) is 9.78 Å². The Kier molecular flexibility index (Phi) is 6.78. The molecule has 6 nitrogen and oxygen atoms in total. The van der Waals surface area contributed by atoms with E-state index in [4.69, 9.17) is 14.2 Å². The molecule has 2 aliphatic rings. The largest absolute Gasteiger partial charge is 0.382 e. The number of amides is 1. The predicted octanol–water partition coefficient (Wildman–Crippen LogP) is 1.68. The maximum atomic E-state index is 13.1. The van der Waals surface area contributed by atoms with Gasteiger partial charge in [0.05, 0.1) is 25.4 Å². The topological polar surface area (TPSA) is 60.9 Å². The molecule has 2 atom stereocenters. The summed E-state index contributed by atoms with van der Waals surface area (Å²) in [6, 6.07) is 4.11. The molecule has 3 heterocycles. The van der Waals surface area contributed by atoms with Crippen molar-refractivity contribution in [1.29, 1.82) is 0 Å². The lowest BCUT2D eigenvalue weighted by Gasteiger charge is -2.32. The number of carbonyl (C=O) groups excluding carboxylic acids is 1. The Balaban J connectivity index is 1.69. The molecule has 2 fully saturated rings. The molecule has 0 radical (unpaired) electrons. The molecule has 2 aliphatic heterocycles. The Morgan fingerprint density at radius 3 is 2.72 bits per heavy atom. The number of aromatic nitrogens is 1. The third kappa shape index (κ3) is 4.77. The van der Waals surface area contributed by atoms with Crippen LogP contribution in [0.25, 0.3) is 0 Å². The van der Waals surface area contributed by atoms with E-state index in [1.165, 1.54) is 5.56 Å². The van der Waals surface area contributed by atoms with Crippen molar-refractivity contribution in [3.05, 3.63) is 30.1 Å². The minimum atomic E-state index is 0.0621. The monoisotopic (exact) mass is 348 g/mol. The van der Waals surface area contributed by atoms with Gasteiger partial charge in [-0.2, -0.15) is 0 Å². The normalized spacial score (nSPS) is 24.6. The number of methoxy groups -OCH3 is 1. The van der Waals surface area contributed by atoms with Gasteiger partial charge in [-0.1, -0.05) is 0 Å². The van der Waals surface area contributed by atoms with Crippen molar-refractivity contribution in [2.75, 3.05) is 40.1 Å². The van der Waals surface area contributed by atoms with E-state index in [9.17, 15) is 4.79 Å². The first-order valence-corrected chi connectivity index (χ1v) is 9.17. The average Bonchev–Trinajstić information content (AvgIpc) is 3.05. The van der Waals surface area contributed by atoms with Crippen LogP contribution in [-0.4, -0.2) is 68.0 Å². The van der Waals surface area contributed by atoms with Gasteiger partial charge in [0.2, 0.25) is 5.91 Å². The third-order valence-electron chi connectivity index (χ3n) is 5.15. The zero-order chi connectivity index (χ0) is 17.5. The molecule has 1 aromatic rings. The second-order valence-corrected chi connectivity index (χ2v) is 6.74. The van der Waals surface area contributed by atoms with E-state index in [-0.39, 0.29) is 24.0 Å². The first kappa shape index (κ1) is 18.3. The van der Waals surface area contributed by atoms with Crippen molar-refractivity contribution < 1.29 is 19.0 Å². The molecule has 0 saturated carbocycles. The molecule has 0 bridgehead atoms. The lowest BCUT2D eigenvalue weighted by Crippen LogP contribution is -2.45. The highest BCUT2D eigenvalue weighted by molar-refractivity contribution is 5.79. The van der Waals surface area contributed by atoms with Gasteiger partial charge in [0.1, 0.15) is 0 Å².